The molecule has 1 fully saturated rings. The van der Waals surface area contributed by atoms with Crippen molar-refractivity contribution in [2.75, 3.05) is 20.8 Å². The van der Waals surface area contributed by atoms with Gasteiger partial charge in [0.2, 0.25) is 17.6 Å². The van der Waals surface area contributed by atoms with E-state index in [1.807, 2.05) is 6.08 Å². The Kier molecular flexibility index (Phi) is 6.50. The summed E-state index contributed by atoms with van der Waals surface area (Å²) in [7, 11) is 2.75. The summed E-state index contributed by atoms with van der Waals surface area (Å²) in [4.78, 5) is 65.3. The van der Waals surface area contributed by atoms with Crippen molar-refractivity contribution in [2.45, 2.75) is 25.2 Å². The molecule has 198 valence electrons. The number of likely N-dealkylation sites (tertiary alicyclic amines) is 1. The van der Waals surface area contributed by atoms with Crippen LogP contribution in [0.2, 0.25) is 0 Å². The summed E-state index contributed by atoms with van der Waals surface area (Å²) in [5.41, 5.74) is 1.76. The number of imide groups is 1. The standard InChI is InChI=1S/C27H24BrNO9/c1-37-18-7-11(8-19(38-2)25(18)34)21-12-3-4-13-22(27(36)29(26(13)35)6-5-20(31)32)14(12)9-15-23(21)17(30)10-16(28)24(15)33/h3,7-8,10,13-14,21-22,34H,4-6,9H2,1-2H3,(H,31,32). The van der Waals surface area contributed by atoms with Gasteiger partial charge in [-0.25, -0.2) is 0 Å². The van der Waals surface area contributed by atoms with E-state index in [1.54, 1.807) is 12.1 Å². The number of aliphatic carboxylic acids is 1. The van der Waals surface area contributed by atoms with E-state index in [1.165, 1.54) is 20.3 Å². The first kappa shape index (κ1) is 25.9. The summed E-state index contributed by atoms with van der Waals surface area (Å²) in [6, 6.07) is 3.13. The number of benzene rings is 1. The van der Waals surface area contributed by atoms with Gasteiger partial charge in [0.05, 0.1) is 37.0 Å². The molecule has 0 saturated carbocycles. The van der Waals surface area contributed by atoms with E-state index in [9.17, 15) is 29.1 Å². The highest BCUT2D eigenvalue weighted by Gasteiger charge is 2.56. The molecule has 1 aromatic carbocycles. The van der Waals surface area contributed by atoms with E-state index < -0.39 is 41.5 Å². The molecule has 11 heteroatoms. The Balaban J connectivity index is 1.66. The predicted molar refractivity (Wildman–Crippen MR) is 135 cm³/mol. The average molecular weight is 586 g/mol. The molecule has 0 radical (unpaired) electrons. The number of nitrogens with zero attached hydrogens (tertiary/aromatic N) is 1. The molecule has 1 saturated heterocycles. The highest BCUT2D eigenvalue weighted by Crippen LogP contribution is 2.56. The maximum Gasteiger partial charge on any atom is 0.305 e. The summed E-state index contributed by atoms with van der Waals surface area (Å²) in [5, 5.41) is 19.6. The summed E-state index contributed by atoms with van der Waals surface area (Å²) >= 11 is 3.18. The predicted octanol–water partition coefficient (Wildman–Crippen LogP) is 2.65. The number of Topliss-reactive ketones (excluding diaryl/α,β-unsaturated/α-hetero) is 1. The Bertz CT molecular complexity index is 1380. The molecule has 38 heavy (non-hydrogen) atoms. The van der Waals surface area contributed by atoms with E-state index >= 15 is 0 Å². The lowest BCUT2D eigenvalue weighted by atomic mass is 9.59. The number of carboxylic acids is 1. The molecular formula is C27H24BrNO9. The van der Waals surface area contributed by atoms with Gasteiger partial charge in [0.1, 0.15) is 0 Å². The number of phenols is 1. The number of carbonyl (C=O) groups excluding carboxylic acids is 4. The van der Waals surface area contributed by atoms with E-state index in [4.69, 9.17) is 14.6 Å². The number of carboxylic acid groups (broad SMARTS) is 1. The lowest BCUT2D eigenvalue weighted by molar-refractivity contribution is -0.142. The number of aromatic hydroxyl groups is 1. The van der Waals surface area contributed by atoms with Crippen molar-refractivity contribution in [3.05, 3.63) is 51.0 Å². The number of rotatable bonds is 6. The van der Waals surface area contributed by atoms with Crippen LogP contribution in [0.4, 0.5) is 0 Å². The Morgan fingerprint density at radius 2 is 1.74 bits per heavy atom. The van der Waals surface area contributed by atoms with Crippen molar-refractivity contribution in [3.8, 4) is 17.2 Å². The minimum Gasteiger partial charge on any atom is -0.502 e. The summed E-state index contributed by atoms with van der Waals surface area (Å²) in [6.45, 7) is -0.225. The minimum atomic E-state index is -1.12. The number of amides is 2. The first-order chi connectivity index (χ1) is 18.1. The molecule has 10 nitrogen and oxygen atoms in total. The third-order valence-corrected chi connectivity index (χ3v) is 8.40. The molecule has 5 rings (SSSR count). The molecule has 1 aliphatic heterocycles. The first-order valence-electron chi connectivity index (χ1n) is 12.0. The Morgan fingerprint density at radius 3 is 2.34 bits per heavy atom. The molecule has 4 atom stereocenters. The number of hydrogen-bond donors (Lipinski definition) is 2. The highest BCUT2D eigenvalue weighted by molar-refractivity contribution is 9.12. The van der Waals surface area contributed by atoms with Gasteiger partial charge in [-0.1, -0.05) is 11.6 Å². The smallest absolute Gasteiger partial charge is 0.305 e. The van der Waals surface area contributed by atoms with Crippen LogP contribution in [-0.4, -0.2) is 65.2 Å². The highest BCUT2D eigenvalue weighted by atomic mass is 79.9. The van der Waals surface area contributed by atoms with E-state index in [0.29, 0.717) is 11.1 Å². The lowest BCUT2D eigenvalue weighted by Gasteiger charge is -2.42. The third-order valence-electron chi connectivity index (χ3n) is 7.81. The van der Waals surface area contributed by atoms with Crippen LogP contribution in [0, 0.1) is 17.8 Å². The van der Waals surface area contributed by atoms with Gasteiger partial charge in [-0.15, -0.1) is 0 Å². The number of methoxy groups -OCH3 is 2. The molecule has 0 bridgehead atoms. The molecule has 2 N–H and O–H groups in total. The number of phenolic OH excluding ortho intramolecular Hbond substituents is 1. The van der Waals surface area contributed by atoms with E-state index in [-0.39, 0.29) is 70.3 Å². The van der Waals surface area contributed by atoms with Crippen LogP contribution in [0.15, 0.2) is 45.5 Å². The molecule has 4 unspecified atom stereocenters. The second-order valence-corrected chi connectivity index (χ2v) is 10.5. The fourth-order valence-electron chi connectivity index (χ4n) is 6.16. The zero-order valence-electron chi connectivity index (χ0n) is 20.5. The number of halogens is 1. The number of allylic oxidation sites excluding steroid dienone is 6. The van der Waals surface area contributed by atoms with Crippen molar-refractivity contribution in [2.24, 2.45) is 17.8 Å². The molecule has 0 spiro atoms. The number of hydrogen-bond acceptors (Lipinski definition) is 8. The molecule has 3 aliphatic carbocycles. The summed E-state index contributed by atoms with van der Waals surface area (Å²) in [6.07, 6.45) is 3.04. The molecule has 1 heterocycles. The van der Waals surface area contributed by atoms with Gasteiger partial charge in [0.15, 0.2) is 23.1 Å². The van der Waals surface area contributed by atoms with Gasteiger partial charge in [-0.2, -0.15) is 0 Å². The zero-order chi connectivity index (χ0) is 27.5. The second-order valence-electron chi connectivity index (χ2n) is 9.64. The third kappa shape index (κ3) is 3.87. The topological polar surface area (TPSA) is 148 Å². The first-order valence-corrected chi connectivity index (χ1v) is 12.8. The fraction of sp³-hybridized carbons (Fsp3) is 0.370. The van der Waals surface area contributed by atoms with Crippen LogP contribution in [-0.2, 0) is 24.0 Å². The van der Waals surface area contributed by atoms with Crippen molar-refractivity contribution in [3.63, 3.8) is 0 Å². The fourth-order valence-corrected chi connectivity index (χ4v) is 6.61. The van der Waals surface area contributed by atoms with Gasteiger partial charge in [-0.3, -0.25) is 28.9 Å². The quantitative estimate of drug-likeness (QED) is 0.292. The molecule has 4 aliphatic rings. The Morgan fingerprint density at radius 1 is 1.08 bits per heavy atom. The van der Waals surface area contributed by atoms with Gasteiger partial charge < -0.3 is 19.7 Å². The molecule has 0 aromatic heterocycles. The average Bonchev–Trinajstić information content (AvgIpc) is 3.14. The number of fused-ring (bicyclic) bond motifs is 3. The molecular weight excluding hydrogens is 562 g/mol. The van der Waals surface area contributed by atoms with Crippen LogP contribution in [0.5, 0.6) is 17.2 Å². The van der Waals surface area contributed by atoms with Crippen LogP contribution >= 0.6 is 15.9 Å². The van der Waals surface area contributed by atoms with E-state index in [2.05, 4.69) is 15.9 Å². The van der Waals surface area contributed by atoms with Crippen LogP contribution in [0.1, 0.15) is 30.7 Å². The maximum absolute atomic E-state index is 13.5. The van der Waals surface area contributed by atoms with Crippen LogP contribution in [0.3, 0.4) is 0 Å². The normalized spacial score (nSPS) is 26.4. The summed E-state index contributed by atoms with van der Waals surface area (Å²) in [5.74, 6) is -5.54. The SMILES string of the molecule is COc1cc(C2C3=CCC4C(=O)N(CCC(=O)O)C(=O)C4C3CC3=C2C(=O)C=C(Br)C3=O)cc(OC)c1O. The van der Waals surface area contributed by atoms with Gasteiger partial charge in [-0.05, 0) is 52.4 Å². The van der Waals surface area contributed by atoms with Gasteiger partial charge in [0.25, 0.3) is 0 Å². The van der Waals surface area contributed by atoms with Crippen molar-refractivity contribution in [1.29, 1.82) is 0 Å². The number of ketones is 2. The monoisotopic (exact) mass is 585 g/mol. The molecule has 2 amide bonds. The summed E-state index contributed by atoms with van der Waals surface area (Å²) < 4.78 is 10.8. The van der Waals surface area contributed by atoms with E-state index in [0.717, 1.165) is 4.90 Å². The largest absolute Gasteiger partial charge is 0.502 e. The Hall–Kier alpha value is -3.73. The van der Waals surface area contributed by atoms with Crippen molar-refractivity contribution < 1.29 is 43.7 Å². The lowest BCUT2D eigenvalue weighted by Crippen LogP contribution is -2.39. The van der Waals surface area contributed by atoms with Gasteiger partial charge >= 0.3 is 5.97 Å². The van der Waals surface area contributed by atoms with Crippen molar-refractivity contribution >= 4 is 45.3 Å². The Labute approximate surface area is 225 Å². The minimum absolute atomic E-state index is 0.0878. The second kappa shape index (κ2) is 9.54. The number of ether oxygens (including phenoxy) is 2. The van der Waals surface area contributed by atoms with Crippen molar-refractivity contribution in [1.82, 2.24) is 4.90 Å². The van der Waals surface area contributed by atoms with Crippen LogP contribution < -0.4 is 9.47 Å². The zero-order valence-corrected chi connectivity index (χ0v) is 22.1. The van der Waals surface area contributed by atoms with Gasteiger partial charge in [0, 0.05) is 29.7 Å². The van der Waals surface area contributed by atoms with Crippen LogP contribution in [0.25, 0.3) is 0 Å². The number of carbonyl (C=O) groups is 5. The maximum atomic E-state index is 13.5. The molecule has 1 aromatic rings.